The van der Waals surface area contributed by atoms with Gasteiger partial charge in [-0.15, -0.1) is 0 Å². The van der Waals surface area contributed by atoms with E-state index in [2.05, 4.69) is 15.6 Å². The number of carbonyl (C=O) groups excluding carboxylic acids is 2. The molecule has 0 aliphatic rings. The highest BCUT2D eigenvalue weighted by Crippen LogP contribution is 2.22. The number of carbonyl (C=O) groups is 2. The van der Waals surface area contributed by atoms with Crippen LogP contribution >= 0.6 is 11.6 Å². The summed E-state index contributed by atoms with van der Waals surface area (Å²) in [6.45, 7) is 1.87. The molecule has 0 unspecified atom stereocenters. The Hall–Kier alpha value is -1.95. The molecule has 0 fully saturated rings. The molecular formula is C11H13ClN2O4. The van der Waals surface area contributed by atoms with E-state index < -0.39 is 12.0 Å². The number of hydrogen-bond donors (Lipinski definition) is 2. The van der Waals surface area contributed by atoms with Gasteiger partial charge in [-0.05, 0) is 25.1 Å². The Morgan fingerprint density at radius 1 is 1.33 bits per heavy atom. The van der Waals surface area contributed by atoms with E-state index in [1.165, 1.54) is 19.2 Å². The van der Waals surface area contributed by atoms with Crippen LogP contribution in [0.3, 0.4) is 0 Å². The van der Waals surface area contributed by atoms with Crippen LogP contribution in [0.5, 0.6) is 5.75 Å². The molecule has 2 amide bonds. The smallest absolute Gasteiger partial charge is 0.426 e. The van der Waals surface area contributed by atoms with Gasteiger partial charge in [0.2, 0.25) is 0 Å². The Morgan fingerprint density at radius 3 is 2.67 bits per heavy atom. The third-order valence-electron chi connectivity index (χ3n) is 1.96. The van der Waals surface area contributed by atoms with Crippen LogP contribution in [-0.4, -0.2) is 25.7 Å². The average molecular weight is 273 g/mol. The van der Waals surface area contributed by atoms with Crippen molar-refractivity contribution in [3.63, 3.8) is 0 Å². The van der Waals surface area contributed by atoms with Crippen molar-refractivity contribution in [3.05, 3.63) is 28.8 Å². The van der Waals surface area contributed by atoms with Crippen LogP contribution in [0.4, 0.5) is 4.79 Å². The van der Waals surface area contributed by atoms with Gasteiger partial charge in [0.05, 0.1) is 19.3 Å². The molecule has 0 heterocycles. The molecule has 1 aromatic rings. The summed E-state index contributed by atoms with van der Waals surface area (Å²) >= 11 is 5.77. The first-order valence-electron chi connectivity index (χ1n) is 5.15. The zero-order valence-electron chi connectivity index (χ0n) is 9.95. The molecule has 0 aliphatic heterocycles. The summed E-state index contributed by atoms with van der Waals surface area (Å²) in [7, 11) is 1.42. The zero-order chi connectivity index (χ0) is 13.5. The SMILES string of the molecule is CCOC(=O)NNC(=O)c1ccc(Cl)cc1OC. The Bertz CT molecular complexity index is 451. The molecule has 0 aromatic heterocycles. The van der Waals surface area contributed by atoms with Gasteiger partial charge in [-0.3, -0.25) is 10.2 Å². The predicted octanol–water partition coefficient (Wildman–Crippen LogP) is 1.74. The molecule has 1 rings (SSSR count). The minimum Gasteiger partial charge on any atom is -0.496 e. The second-order valence-electron chi connectivity index (χ2n) is 3.14. The number of halogens is 1. The Balaban J connectivity index is 2.69. The molecule has 18 heavy (non-hydrogen) atoms. The lowest BCUT2D eigenvalue weighted by Crippen LogP contribution is -2.42. The summed E-state index contributed by atoms with van der Waals surface area (Å²) in [5.41, 5.74) is 4.54. The van der Waals surface area contributed by atoms with Crippen molar-refractivity contribution in [3.8, 4) is 5.75 Å². The van der Waals surface area contributed by atoms with E-state index in [-0.39, 0.29) is 12.2 Å². The van der Waals surface area contributed by atoms with Crippen molar-refractivity contribution in [2.45, 2.75) is 6.92 Å². The lowest BCUT2D eigenvalue weighted by Gasteiger charge is -2.10. The van der Waals surface area contributed by atoms with Gasteiger partial charge < -0.3 is 9.47 Å². The Labute approximate surface area is 109 Å². The molecule has 7 heteroatoms. The Kier molecular flexibility index (Phi) is 5.26. The van der Waals surface area contributed by atoms with Gasteiger partial charge >= 0.3 is 6.09 Å². The maximum atomic E-state index is 11.7. The van der Waals surface area contributed by atoms with Crippen LogP contribution in [-0.2, 0) is 4.74 Å². The molecule has 0 aliphatic carbocycles. The number of nitrogens with one attached hydrogen (secondary N) is 2. The summed E-state index contributed by atoms with van der Waals surface area (Å²) in [5, 5.41) is 0.446. The van der Waals surface area contributed by atoms with Crippen LogP contribution in [0.2, 0.25) is 5.02 Å². The Morgan fingerprint density at radius 2 is 2.06 bits per heavy atom. The predicted molar refractivity (Wildman–Crippen MR) is 65.6 cm³/mol. The van der Waals surface area contributed by atoms with E-state index >= 15 is 0 Å². The van der Waals surface area contributed by atoms with E-state index in [1.807, 2.05) is 0 Å². The number of benzene rings is 1. The monoisotopic (exact) mass is 272 g/mol. The summed E-state index contributed by atoms with van der Waals surface area (Å²) in [6, 6.07) is 4.54. The number of hydrogen-bond acceptors (Lipinski definition) is 4. The number of ether oxygens (including phenoxy) is 2. The quantitative estimate of drug-likeness (QED) is 0.822. The molecule has 6 nitrogen and oxygen atoms in total. The summed E-state index contributed by atoms with van der Waals surface area (Å²) < 4.78 is 9.60. The maximum Gasteiger partial charge on any atom is 0.426 e. The highest BCUT2D eigenvalue weighted by molar-refractivity contribution is 6.30. The van der Waals surface area contributed by atoms with E-state index in [1.54, 1.807) is 13.0 Å². The molecular weight excluding hydrogens is 260 g/mol. The summed E-state index contributed by atoms with van der Waals surface area (Å²) in [6.07, 6.45) is -0.737. The molecule has 2 N–H and O–H groups in total. The van der Waals surface area contributed by atoms with E-state index in [0.29, 0.717) is 10.8 Å². The second kappa shape index (κ2) is 6.70. The molecule has 0 saturated carbocycles. The highest BCUT2D eigenvalue weighted by Gasteiger charge is 2.13. The van der Waals surface area contributed by atoms with Crippen molar-refractivity contribution in [1.29, 1.82) is 0 Å². The minimum atomic E-state index is -0.737. The van der Waals surface area contributed by atoms with E-state index in [0.717, 1.165) is 0 Å². The summed E-state index contributed by atoms with van der Waals surface area (Å²) in [4.78, 5) is 22.7. The molecule has 1 aromatic carbocycles. The zero-order valence-corrected chi connectivity index (χ0v) is 10.7. The second-order valence-corrected chi connectivity index (χ2v) is 3.58. The van der Waals surface area contributed by atoms with Gasteiger partial charge in [0, 0.05) is 5.02 Å². The van der Waals surface area contributed by atoms with Gasteiger partial charge in [0.25, 0.3) is 5.91 Å². The lowest BCUT2D eigenvalue weighted by atomic mass is 10.2. The van der Waals surface area contributed by atoms with Crippen LogP contribution in [0.25, 0.3) is 0 Å². The van der Waals surface area contributed by atoms with Gasteiger partial charge in [-0.1, -0.05) is 11.6 Å². The van der Waals surface area contributed by atoms with Gasteiger partial charge in [-0.2, -0.15) is 0 Å². The third-order valence-corrected chi connectivity index (χ3v) is 2.20. The fourth-order valence-corrected chi connectivity index (χ4v) is 1.36. The lowest BCUT2D eigenvalue weighted by molar-refractivity contribution is 0.0909. The maximum absolute atomic E-state index is 11.7. The highest BCUT2D eigenvalue weighted by atomic mass is 35.5. The van der Waals surface area contributed by atoms with Crippen LogP contribution in [0.15, 0.2) is 18.2 Å². The third kappa shape index (κ3) is 3.81. The normalized spacial score (nSPS) is 9.50. The number of hydrazine groups is 1. The number of amides is 2. The van der Waals surface area contributed by atoms with Crippen LogP contribution in [0.1, 0.15) is 17.3 Å². The first-order chi connectivity index (χ1) is 8.58. The average Bonchev–Trinajstić information content (AvgIpc) is 2.36. The van der Waals surface area contributed by atoms with Crippen molar-refractivity contribution in [2.75, 3.05) is 13.7 Å². The number of methoxy groups -OCH3 is 1. The molecule has 0 saturated heterocycles. The molecule has 0 radical (unpaired) electrons. The van der Waals surface area contributed by atoms with Gasteiger partial charge in [-0.25, -0.2) is 10.2 Å². The number of rotatable bonds is 3. The first-order valence-corrected chi connectivity index (χ1v) is 5.53. The van der Waals surface area contributed by atoms with Crippen molar-refractivity contribution in [2.24, 2.45) is 0 Å². The van der Waals surface area contributed by atoms with Crippen molar-refractivity contribution >= 4 is 23.6 Å². The van der Waals surface area contributed by atoms with Crippen molar-refractivity contribution < 1.29 is 19.1 Å². The van der Waals surface area contributed by atoms with Crippen molar-refractivity contribution in [1.82, 2.24) is 10.9 Å². The van der Waals surface area contributed by atoms with Crippen LogP contribution in [0, 0.1) is 0 Å². The molecule has 0 bridgehead atoms. The van der Waals surface area contributed by atoms with E-state index in [4.69, 9.17) is 16.3 Å². The molecule has 0 spiro atoms. The van der Waals surface area contributed by atoms with Gasteiger partial charge in [0.15, 0.2) is 0 Å². The first kappa shape index (κ1) is 14.1. The summed E-state index contributed by atoms with van der Waals surface area (Å²) in [5.74, 6) is -0.220. The minimum absolute atomic E-state index is 0.214. The molecule has 0 atom stereocenters. The molecule has 98 valence electrons. The largest absolute Gasteiger partial charge is 0.496 e. The fourth-order valence-electron chi connectivity index (χ4n) is 1.19. The topological polar surface area (TPSA) is 76.7 Å². The standard InChI is InChI=1S/C11H13ClN2O4/c1-3-18-11(16)14-13-10(15)8-5-4-7(12)6-9(8)17-2/h4-6H,3H2,1-2H3,(H,13,15)(H,14,16). The fraction of sp³-hybridized carbons (Fsp3) is 0.273. The van der Waals surface area contributed by atoms with Gasteiger partial charge in [0.1, 0.15) is 5.75 Å². The van der Waals surface area contributed by atoms with E-state index in [9.17, 15) is 9.59 Å². The van der Waals surface area contributed by atoms with Crippen LogP contribution < -0.4 is 15.6 Å².